The smallest absolute Gasteiger partial charge is 0.195 e. The van der Waals surface area contributed by atoms with Crippen molar-refractivity contribution in [3.8, 4) is 0 Å². The van der Waals surface area contributed by atoms with Gasteiger partial charge >= 0.3 is 0 Å². The van der Waals surface area contributed by atoms with Crippen LogP contribution in [0.3, 0.4) is 0 Å². The van der Waals surface area contributed by atoms with Gasteiger partial charge in [0, 0.05) is 15.7 Å². The second-order valence-corrected chi connectivity index (χ2v) is 6.49. The van der Waals surface area contributed by atoms with Gasteiger partial charge in [-0.05, 0) is 29.1 Å². The molecule has 106 valence electrons. The molecule has 0 bridgehead atoms. The van der Waals surface area contributed by atoms with Crippen molar-refractivity contribution in [2.45, 2.75) is 10.9 Å². The third-order valence-electron chi connectivity index (χ3n) is 2.63. The first-order valence-corrected chi connectivity index (χ1v) is 8.41. The Morgan fingerprint density at radius 2 is 2.14 bits per heavy atom. The molecule has 0 saturated carbocycles. The fraction of sp³-hybridized carbons (Fsp3) is 0.0714. The summed E-state index contributed by atoms with van der Waals surface area (Å²) in [5.74, 6) is 0.796. The molecule has 0 spiro atoms. The van der Waals surface area contributed by atoms with Crippen LogP contribution in [0.1, 0.15) is 10.4 Å². The summed E-state index contributed by atoms with van der Waals surface area (Å²) in [6.45, 7) is 0. The minimum absolute atomic E-state index is 0.743. The van der Waals surface area contributed by atoms with Crippen LogP contribution < -0.4 is 0 Å². The third-order valence-corrected chi connectivity index (χ3v) is 4.70. The molecule has 3 aromatic rings. The lowest BCUT2D eigenvalue weighted by Crippen LogP contribution is -1.91. The van der Waals surface area contributed by atoms with Gasteiger partial charge in [-0.3, -0.25) is 0 Å². The number of hydrogen-bond acceptors (Lipinski definition) is 5. The number of thiophene rings is 1. The van der Waals surface area contributed by atoms with Gasteiger partial charge in [-0.15, -0.1) is 21.5 Å². The van der Waals surface area contributed by atoms with E-state index in [2.05, 4.69) is 15.3 Å². The highest BCUT2D eigenvalue weighted by Gasteiger charge is 2.04. The Labute approximate surface area is 135 Å². The normalized spacial score (nSPS) is 11.3. The number of hydrogen-bond donors (Lipinski definition) is 0. The van der Waals surface area contributed by atoms with E-state index in [0.29, 0.717) is 0 Å². The average Bonchev–Trinajstić information content (AvgIpc) is 3.16. The van der Waals surface area contributed by atoms with Crippen molar-refractivity contribution in [2.75, 3.05) is 0 Å². The van der Waals surface area contributed by atoms with Crippen LogP contribution in [-0.2, 0) is 5.75 Å². The fourth-order valence-electron chi connectivity index (χ4n) is 1.61. The molecule has 0 radical (unpaired) electrons. The van der Waals surface area contributed by atoms with Gasteiger partial charge in [-0.25, -0.2) is 0 Å². The minimum Gasteiger partial charge on any atom is -0.195 e. The fourth-order valence-corrected chi connectivity index (χ4v) is 3.13. The Bertz CT molecular complexity index is 720. The Kier molecular flexibility index (Phi) is 4.69. The van der Waals surface area contributed by atoms with E-state index in [1.807, 2.05) is 41.8 Å². The molecule has 21 heavy (non-hydrogen) atoms. The molecule has 0 atom stereocenters. The summed E-state index contributed by atoms with van der Waals surface area (Å²) in [5.41, 5.74) is 1.18. The van der Waals surface area contributed by atoms with E-state index in [1.54, 1.807) is 40.3 Å². The van der Waals surface area contributed by atoms with Crippen molar-refractivity contribution in [1.29, 1.82) is 0 Å². The Balaban J connectivity index is 1.66. The molecule has 0 unspecified atom stereocenters. The number of nitrogens with zero attached hydrogens (tertiary/aromatic N) is 4. The second kappa shape index (κ2) is 6.89. The van der Waals surface area contributed by atoms with Crippen molar-refractivity contribution >= 4 is 40.9 Å². The molecule has 7 heteroatoms. The van der Waals surface area contributed by atoms with Crippen LogP contribution in [0.15, 0.2) is 58.4 Å². The standard InChI is InChI=1S/C14H11ClN4S2/c15-12-5-3-11(4-6-12)9-21-14-18-16-10-19(14)17-8-13-2-1-7-20-13/h1-8,10H,9H2/b17-8-. The van der Waals surface area contributed by atoms with Crippen LogP contribution >= 0.6 is 34.7 Å². The van der Waals surface area contributed by atoms with Crippen LogP contribution in [0.25, 0.3) is 0 Å². The van der Waals surface area contributed by atoms with E-state index in [9.17, 15) is 0 Å². The Hall–Kier alpha value is -1.63. The number of benzene rings is 1. The van der Waals surface area contributed by atoms with Gasteiger partial charge in [-0.2, -0.15) is 9.78 Å². The van der Waals surface area contributed by atoms with Gasteiger partial charge in [0.1, 0.15) is 6.33 Å². The largest absolute Gasteiger partial charge is 0.212 e. The molecule has 0 saturated heterocycles. The van der Waals surface area contributed by atoms with Gasteiger partial charge in [0.15, 0.2) is 0 Å². The molecule has 4 nitrogen and oxygen atoms in total. The van der Waals surface area contributed by atoms with E-state index in [1.165, 1.54) is 5.56 Å². The number of aromatic nitrogens is 3. The quantitative estimate of drug-likeness (QED) is 0.519. The van der Waals surface area contributed by atoms with Crippen LogP contribution in [-0.4, -0.2) is 21.1 Å². The van der Waals surface area contributed by atoms with Gasteiger partial charge in [-0.1, -0.05) is 41.6 Å². The van der Waals surface area contributed by atoms with Crippen molar-refractivity contribution in [3.05, 3.63) is 63.6 Å². The van der Waals surface area contributed by atoms with Gasteiger partial charge < -0.3 is 0 Å². The first-order valence-electron chi connectivity index (χ1n) is 6.16. The zero-order valence-electron chi connectivity index (χ0n) is 10.9. The molecule has 0 aliphatic rings. The molecule has 0 amide bonds. The van der Waals surface area contributed by atoms with Crippen molar-refractivity contribution in [1.82, 2.24) is 14.9 Å². The SMILES string of the molecule is Clc1ccc(CSc2nncn2/N=C\c2cccs2)cc1. The lowest BCUT2D eigenvalue weighted by molar-refractivity contribution is 0.767. The summed E-state index contributed by atoms with van der Waals surface area (Å²) >= 11 is 9.10. The van der Waals surface area contributed by atoms with E-state index in [0.717, 1.165) is 20.8 Å². The summed E-state index contributed by atoms with van der Waals surface area (Å²) in [7, 11) is 0. The molecule has 1 aromatic carbocycles. The molecular weight excluding hydrogens is 324 g/mol. The van der Waals surface area contributed by atoms with Gasteiger partial charge in [0.25, 0.3) is 0 Å². The molecule has 0 N–H and O–H groups in total. The molecular formula is C14H11ClN4S2. The molecule has 0 fully saturated rings. The van der Waals surface area contributed by atoms with Gasteiger partial charge in [0.05, 0.1) is 6.21 Å². The average molecular weight is 335 g/mol. The Morgan fingerprint density at radius 3 is 2.90 bits per heavy atom. The zero-order chi connectivity index (χ0) is 14.5. The van der Waals surface area contributed by atoms with Crippen LogP contribution in [0, 0.1) is 0 Å². The van der Waals surface area contributed by atoms with Crippen LogP contribution in [0.5, 0.6) is 0 Å². The topological polar surface area (TPSA) is 43.1 Å². The summed E-state index contributed by atoms with van der Waals surface area (Å²) in [6.07, 6.45) is 3.41. The predicted molar refractivity (Wildman–Crippen MR) is 88.3 cm³/mol. The maximum atomic E-state index is 5.88. The van der Waals surface area contributed by atoms with Crippen LogP contribution in [0.2, 0.25) is 5.02 Å². The Morgan fingerprint density at radius 1 is 1.29 bits per heavy atom. The first-order chi connectivity index (χ1) is 10.3. The van der Waals surface area contributed by atoms with E-state index >= 15 is 0 Å². The number of thioether (sulfide) groups is 1. The molecule has 2 aromatic heterocycles. The van der Waals surface area contributed by atoms with E-state index < -0.39 is 0 Å². The van der Waals surface area contributed by atoms with E-state index in [4.69, 9.17) is 11.6 Å². The van der Waals surface area contributed by atoms with Crippen molar-refractivity contribution in [3.63, 3.8) is 0 Å². The summed E-state index contributed by atoms with van der Waals surface area (Å²) in [5, 5.41) is 15.9. The summed E-state index contributed by atoms with van der Waals surface area (Å²) < 4.78 is 1.68. The third kappa shape index (κ3) is 3.93. The monoisotopic (exact) mass is 334 g/mol. The zero-order valence-corrected chi connectivity index (χ0v) is 13.3. The molecule has 0 aliphatic carbocycles. The highest BCUT2D eigenvalue weighted by atomic mass is 35.5. The predicted octanol–water partition coefficient (Wildman–Crippen LogP) is 4.17. The highest BCUT2D eigenvalue weighted by molar-refractivity contribution is 7.98. The second-order valence-electron chi connectivity index (χ2n) is 4.13. The minimum atomic E-state index is 0.743. The maximum Gasteiger partial charge on any atom is 0.212 e. The van der Waals surface area contributed by atoms with Crippen LogP contribution in [0.4, 0.5) is 0 Å². The lowest BCUT2D eigenvalue weighted by atomic mass is 10.2. The molecule has 0 aliphatic heterocycles. The van der Waals surface area contributed by atoms with Crippen molar-refractivity contribution < 1.29 is 0 Å². The molecule has 2 heterocycles. The number of halogens is 1. The van der Waals surface area contributed by atoms with E-state index in [-0.39, 0.29) is 0 Å². The van der Waals surface area contributed by atoms with Crippen molar-refractivity contribution in [2.24, 2.45) is 5.10 Å². The lowest BCUT2D eigenvalue weighted by Gasteiger charge is -2.01. The van der Waals surface area contributed by atoms with Gasteiger partial charge in [0.2, 0.25) is 5.16 Å². The summed E-state index contributed by atoms with van der Waals surface area (Å²) in [6, 6.07) is 11.8. The number of rotatable bonds is 5. The molecule has 3 rings (SSSR count). The summed E-state index contributed by atoms with van der Waals surface area (Å²) in [4.78, 5) is 1.09. The first kappa shape index (κ1) is 14.3. The maximum absolute atomic E-state index is 5.88. The highest BCUT2D eigenvalue weighted by Crippen LogP contribution is 2.21.